The molecule has 0 amide bonds. The van der Waals surface area contributed by atoms with Crippen molar-refractivity contribution in [1.29, 1.82) is 0 Å². The van der Waals surface area contributed by atoms with Crippen LogP contribution in [0.25, 0.3) is 0 Å². The fraction of sp³-hybridized carbons (Fsp3) is 0.500. The van der Waals surface area contributed by atoms with Crippen LogP contribution in [-0.2, 0) is 19.4 Å². The van der Waals surface area contributed by atoms with Crippen LogP contribution in [-0.4, -0.2) is 23.7 Å². The Labute approximate surface area is 152 Å². The first kappa shape index (κ1) is 16.9. The lowest BCUT2D eigenvalue weighted by Crippen LogP contribution is -2.39. The van der Waals surface area contributed by atoms with Crippen molar-refractivity contribution in [1.82, 2.24) is 4.90 Å². The Kier molecular flexibility index (Phi) is 4.24. The van der Waals surface area contributed by atoms with Gasteiger partial charge in [-0.2, -0.15) is 0 Å². The molecule has 1 aromatic carbocycles. The van der Waals surface area contributed by atoms with Crippen molar-refractivity contribution in [3.8, 4) is 11.5 Å². The molecule has 0 bridgehead atoms. The molecular weight excluding hydrogens is 337 g/mol. The van der Waals surface area contributed by atoms with E-state index in [0.29, 0.717) is 23.8 Å². The van der Waals surface area contributed by atoms with Crippen molar-refractivity contribution in [2.75, 3.05) is 13.7 Å². The highest BCUT2D eigenvalue weighted by Gasteiger charge is 2.38. The highest BCUT2D eigenvalue weighted by atomic mass is 32.1. The van der Waals surface area contributed by atoms with Gasteiger partial charge >= 0.3 is 0 Å². The third-order valence-corrected chi connectivity index (χ3v) is 6.45. The van der Waals surface area contributed by atoms with E-state index >= 15 is 0 Å². The number of alkyl halides is 1. The Bertz CT molecular complexity index is 801. The van der Waals surface area contributed by atoms with Crippen LogP contribution in [0.4, 0.5) is 4.39 Å². The second-order valence-electron chi connectivity index (χ2n) is 7.53. The van der Waals surface area contributed by atoms with Gasteiger partial charge in [0.2, 0.25) is 0 Å². The van der Waals surface area contributed by atoms with Gasteiger partial charge in [-0.25, -0.2) is 4.39 Å². The average molecular weight is 361 g/mol. The van der Waals surface area contributed by atoms with Gasteiger partial charge in [0.1, 0.15) is 6.17 Å². The number of halogens is 1. The second-order valence-corrected chi connectivity index (χ2v) is 8.75. The summed E-state index contributed by atoms with van der Waals surface area (Å²) in [5.74, 6) is 1.08. The summed E-state index contributed by atoms with van der Waals surface area (Å²) in [5.41, 5.74) is 2.92. The van der Waals surface area contributed by atoms with E-state index in [1.165, 1.54) is 22.4 Å². The summed E-state index contributed by atoms with van der Waals surface area (Å²) < 4.78 is 19.9. The summed E-state index contributed by atoms with van der Waals surface area (Å²) in [7, 11) is 1.50. The molecule has 0 saturated heterocycles. The number of fused-ring (bicyclic) bond motifs is 4. The number of benzene rings is 1. The summed E-state index contributed by atoms with van der Waals surface area (Å²) in [6, 6.07) is 5.81. The summed E-state index contributed by atoms with van der Waals surface area (Å²) in [4.78, 5) is 5.05. The number of methoxy groups -OCH3 is 1. The predicted molar refractivity (Wildman–Crippen MR) is 98.2 cm³/mol. The minimum absolute atomic E-state index is 0.0905. The zero-order valence-electron chi connectivity index (χ0n) is 14.9. The molecule has 4 rings (SSSR count). The molecule has 2 unspecified atom stereocenters. The molecule has 1 aromatic heterocycles. The second kappa shape index (κ2) is 6.29. The molecule has 5 heteroatoms. The normalized spacial score (nSPS) is 22.4. The van der Waals surface area contributed by atoms with Crippen molar-refractivity contribution in [2.45, 2.75) is 45.4 Å². The third kappa shape index (κ3) is 2.93. The van der Waals surface area contributed by atoms with Crippen LogP contribution in [0.15, 0.2) is 18.2 Å². The van der Waals surface area contributed by atoms with Crippen molar-refractivity contribution < 1.29 is 14.2 Å². The summed E-state index contributed by atoms with van der Waals surface area (Å²) >= 11 is 1.90. The van der Waals surface area contributed by atoms with Crippen LogP contribution < -0.4 is 4.74 Å². The number of rotatable bonds is 3. The highest BCUT2D eigenvalue weighted by molar-refractivity contribution is 7.12. The average Bonchev–Trinajstić information content (AvgIpc) is 2.93. The molecule has 1 N–H and O–H groups in total. The number of aromatic hydroxyl groups is 1. The van der Waals surface area contributed by atoms with E-state index in [2.05, 4.69) is 24.8 Å². The first-order valence-corrected chi connectivity index (χ1v) is 9.67. The number of ether oxygens (including phenoxy) is 1. The van der Waals surface area contributed by atoms with Gasteiger partial charge in [-0.1, -0.05) is 13.8 Å². The molecule has 2 aromatic rings. The molecule has 0 aliphatic carbocycles. The zero-order valence-corrected chi connectivity index (χ0v) is 15.7. The van der Waals surface area contributed by atoms with Crippen LogP contribution in [0.3, 0.4) is 0 Å². The molecule has 2 aliphatic heterocycles. The maximum atomic E-state index is 14.8. The van der Waals surface area contributed by atoms with Crippen LogP contribution in [0.1, 0.15) is 52.5 Å². The number of thiophene rings is 1. The Morgan fingerprint density at radius 3 is 2.84 bits per heavy atom. The first-order valence-electron chi connectivity index (χ1n) is 8.85. The van der Waals surface area contributed by atoms with E-state index in [4.69, 9.17) is 4.74 Å². The monoisotopic (exact) mass is 361 g/mol. The molecule has 3 heterocycles. The molecule has 25 heavy (non-hydrogen) atoms. The molecule has 134 valence electrons. The number of hydrogen-bond acceptors (Lipinski definition) is 4. The summed E-state index contributed by atoms with van der Waals surface area (Å²) in [6.45, 7) is 5.67. The predicted octanol–water partition coefficient (Wildman–Crippen LogP) is 4.78. The van der Waals surface area contributed by atoms with Gasteiger partial charge in [0.15, 0.2) is 11.5 Å². The molecule has 0 radical (unpaired) electrons. The topological polar surface area (TPSA) is 32.7 Å². The molecular formula is C20H24FNO2S. The Hall–Kier alpha value is -1.59. The van der Waals surface area contributed by atoms with Crippen LogP contribution >= 0.6 is 11.3 Å². The minimum atomic E-state index is -1.05. The van der Waals surface area contributed by atoms with Crippen LogP contribution in [0.5, 0.6) is 11.5 Å². The molecule has 2 atom stereocenters. The maximum absolute atomic E-state index is 14.8. The first-order chi connectivity index (χ1) is 12.0. The lowest BCUT2D eigenvalue weighted by Gasteiger charge is -2.41. The van der Waals surface area contributed by atoms with E-state index in [-0.39, 0.29) is 11.8 Å². The van der Waals surface area contributed by atoms with Gasteiger partial charge in [0.05, 0.1) is 7.11 Å². The number of phenols is 1. The van der Waals surface area contributed by atoms with E-state index in [9.17, 15) is 9.50 Å². The third-order valence-electron chi connectivity index (χ3n) is 5.23. The van der Waals surface area contributed by atoms with Gasteiger partial charge in [0, 0.05) is 35.3 Å². The largest absolute Gasteiger partial charge is 0.504 e. The molecule has 0 spiro atoms. The minimum Gasteiger partial charge on any atom is -0.504 e. The van der Waals surface area contributed by atoms with Crippen molar-refractivity contribution >= 4 is 11.3 Å². The zero-order chi connectivity index (χ0) is 17.7. The lowest BCUT2D eigenvalue weighted by atomic mass is 9.86. The fourth-order valence-corrected chi connectivity index (χ4v) is 5.53. The summed E-state index contributed by atoms with van der Waals surface area (Å²) in [6.07, 6.45) is 0.947. The Morgan fingerprint density at radius 2 is 2.12 bits per heavy atom. The number of phenolic OH excluding ortho intramolecular Hbond substituents is 1. The van der Waals surface area contributed by atoms with Gasteiger partial charge < -0.3 is 9.84 Å². The molecule has 0 saturated carbocycles. The van der Waals surface area contributed by atoms with Crippen molar-refractivity contribution in [3.63, 3.8) is 0 Å². The SMILES string of the molecule is COc1cc2c(cc1O)C1Cc3sc(CC(C)C)cc3CN1CC2F. The molecule has 0 fully saturated rings. The van der Waals surface area contributed by atoms with E-state index < -0.39 is 6.17 Å². The maximum Gasteiger partial charge on any atom is 0.160 e. The van der Waals surface area contributed by atoms with Gasteiger partial charge in [0.25, 0.3) is 0 Å². The van der Waals surface area contributed by atoms with Crippen LogP contribution in [0.2, 0.25) is 0 Å². The quantitative estimate of drug-likeness (QED) is 0.854. The summed E-state index contributed by atoms with van der Waals surface area (Å²) in [5, 5.41) is 10.2. The Morgan fingerprint density at radius 1 is 1.32 bits per heavy atom. The van der Waals surface area contributed by atoms with E-state index in [1.807, 2.05) is 11.3 Å². The number of hydrogen-bond donors (Lipinski definition) is 1. The Balaban J connectivity index is 1.71. The van der Waals surface area contributed by atoms with Gasteiger partial charge in [-0.15, -0.1) is 11.3 Å². The van der Waals surface area contributed by atoms with Gasteiger partial charge in [-0.05, 0) is 47.2 Å². The lowest BCUT2D eigenvalue weighted by molar-refractivity contribution is 0.104. The van der Waals surface area contributed by atoms with Gasteiger partial charge in [-0.3, -0.25) is 4.90 Å². The molecule has 3 nitrogen and oxygen atoms in total. The highest BCUT2D eigenvalue weighted by Crippen LogP contribution is 2.47. The molecule has 2 aliphatic rings. The van der Waals surface area contributed by atoms with E-state index in [0.717, 1.165) is 24.9 Å². The standard InChI is InChI=1S/C20H24FNO2S/c1-11(2)4-13-5-12-9-22-10-16(21)14-7-19(24-3)18(23)6-15(14)17(22)8-20(12)25-13/h5-7,11,16-17,23H,4,8-10H2,1-3H3. The van der Waals surface area contributed by atoms with Crippen LogP contribution in [0, 0.1) is 5.92 Å². The van der Waals surface area contributed by atoms with E-state index in [1.54, 1.807) is 12.1 Å². The smallest absolute Gasteiger partial charge is 0.160 e. The number of nitrogens with zero attached hydrogens (tertiary/aromatic N) is 1. The fourth-order valence-electron chi connectivity index (χ4n) is 4.10. The van der Waals surface area contributed by atoms with Crippen molar-refractivity contribution in [3.05, 3.63) is 44.6 Å². The van der Waals surface area contributed by atoms with Crippen molar-refractivity contribution in [2.24, 2.45) is 5.92 Å².